The summed E-state index contributed by atoms with van der Waals surface area (Å²) in [7, 11) is 0. The number of nitrogens with zero attached hydrogens (tertiary/aromatic N) is 1. The van der Waals surface area contributed by atoms with E-state index in [9.17, 15) is 9.59 Å². The predicted molar refractivity (Wildman–Crippen MR) is 107 cm³/mol. The molecule has 1 heterocycles. The molecule has 1 saturated carbocycles. The molecule has 5 heteroatoms. The van der Waals surface area contributed by atoms with Crippen LogP contribution in [0.25, 0.3) is 0 Å². The van der Waals surface area contributed by atoms with E-state index in [2.05, 4.69) is 33.7 Å². The van der Waals surface area contributed by atoms with E-state index in [4.69, 9.17) is 0 Å². The number of rotatable bonds is 6. The second kappa shape index (κ2) is 7.82. The van der Waals surface area contributed by atoms with Crippen molar-refractivity contribution in [3.63, 3.8) is 0 Å². The van der Waals surface area contributed by atoms with E-state index >= 15 is 0 Å². The summed E-state index contributed by atoms with van der Waals surface area (Å²) in [6.45, 7) is 1.66. The number of hydrogen-bond acceptors (Lipinski definition) is 3. The summed E-state index contributed by atoms with van der Waals surface area (Å²) >= 11 is 0. The Kier molecular flexibility index (Phi) is 5.10. The van der Waals surface area contributed by atoms with Crippen LogP contribution in [-0.2, 0) is 11.2 Å². The molecule has 1 aliphatic heterocycles. The van der Waals surface area contributed by atoms with Crippen molar-refractivity contribution in [2.45, 2.75) is 38.1 Å². The van der Waals surface area contributed by atoms with Gasteiger partial charge in [-0.3, -0.25) is 9.59 Å². The maximum absolute atomic E-state index is 12.5. The molecule has 140 valence electrons. The Morgan fingerprint density at radius 1 is 1.04 bits per heavy atom. The van der Waals surface area contributed by atoms with Gasteiger partial charge in [0.1, 0.15) is 0 Å². The smallest absolute Gasteiger partial charge is 0.253 e. The highest BCUT2D eigenvalue weighted by molar-refractivity contribution is 6.04. The van der Waals surface area contributed by atoms with Gasteiger partial charge in [-0.25, -0.2) is 0 Å². The van der Waals surface area contributed by atoms with E-state index in [-0.39, 0.29) is 11.8 Å². The lowest BCUT2D eigenvalue weighted by atomic mass is 10.0. The third-order valence-corrected chi connectivity index (χ3v) is 5.17. The highest BCUT2D eigenvalue weighted by atomic mass is 16.2. The molecule has 0 saturated heterocycles. The van der Waals surface area contributed by atoms with E-state index in [1.165, 1.54) is 11.3 Å². The van der Waals surface area contributed by atoms with Crippen LogP contribution in [0.3, 0.4) is 0 Å². The van der Waals surface area contributed by atoms with Crippen LogP contribution in [0, 0.1) is 0 Å². The number of carbonyl (C=O) groups excluding carboxylic acids is 2. The Morgan fingerprint density at radius 2 is 1.81 bits per heavy atom. The van der Waals surface area contributed by atoms with Crippen LogP contribution in [0.4, 0.5) is 11.4 Å². The normalized spacial score (nSPS) is 15.8. The minimum atomic E-state index is -0.113. The number of para-hydroxylation sites is 2. The second-order valence-electron chi connectivity index (χ2n) is 7.31. The Bertz CT molecular complexity index is 845. The van der Waals surface area contributed by atoms with Crippen LogP contribution in [-0.4, -0.2) is 30.9 Å². The Balaban J connectivity index is 1.37. The fourth-order valence-electron chi connectivity index (χ4n) is 3.57. The molecule has 2 aliphatic rings. The minimum Gasteiger partial charge on any atom is -0.371 e. The van der Waals surface area contributed by atoms with Gasteiger partial charge >= 0.3 is 0 Å². The maximum Gasteiger partial charge on any atom is 0.253 e. The number of benzene rings is 2. The number of fused-ring (bicyclic) bond motifs is 1. The molecule has 0 spiro atoms. The van der Waals surface area contributed by atoms with Crippen LogP contribution in [0.15, 0.2) is 48.5 Å². The first-order valence-electron chi connectivity index (χ1n) is 9.73. The predicted octanol–water partition coefficient (Wildman–Crippen LogP) is 3.36. The van der Waals surface area contributed by atoms with Crippen LogP contribution >= 0.6 is 0 Å². The van der Waals surface area contributed by atoms with Crippen LogP contribution in [0.5, 0.6) is 0 Å². The third-order valence-electron chi connectivity index (χ3n) is 5.17. The van der Waals surface area contributed by atoms with Gasteiger partial charge in [-0.15, -0.1) is 0 Å². The molecular formula is C22H25N3O2. The second-order valence-corrected chi connectivity index (χ2v) is 7.31. The van der Waals surface area contributed by atoms with E-state index < -0.39 is 0 Å². The summed E-state index contributed by atoms with van der Waals surface area (Å²) in [5.41, 5.74) is 3.70. The first kappa shape index (κ1) is 17.6. The number of anilines is 2. The number of hydrogen-bond donors (Lipinski definition) is 2. The summed E-state index contributed by atoms with van der Waals surface area (Å²) in [6.07, 6.45) is 4.69. The highest BCUT2D eigenvalue weighted by Gasteiger charge is 2.25. The van der Waals surface area contributed by atoms with E-state index in [1.807, 2.05) is 18.2 Å². The lowest BCUT2D eigenvalue weighted by molar-refractivity contribution is -0.116. The Labute approximate surface area is 159 Å². The van der Waals surface area contributed by atoms with Crippen LogP contribution in [0.2, 0.25) is 0 Å². The molecule has 2 N–H and O–H groups in total. The first-order valence-corrected chi connectivity index (χ1v) is 9.73. The van der Waals surface area contributed by atoms with Crippen molar-refractivity contribution in [2.75, 3.05) is 23.3 Å². The SMILES string of the molecule is O=C(CCN1CCCc2ccccc21)Nc1ccccc1C(=O)NC1CC1. The molecule has 2 aromatic carbocycles. The minimum absolute atomic E-state index is 0.0651. The molecule has 1 aliphatic carbocycles. The van der Waals surface area contributed by atoms with Gasteiger partial charge < -0.3 is 15.5 Å². The summed E-state index contributed by atoms with van der Waals surface area (Å²) in [4.78, 5) is 27.2. The fourth-order valence-corrected chi connectivity index (χ4v) is 3.57. The zero-order chi connectivity index (χ0) is 18.6. The molecule has 0 aromatic heterocycles. The molecular weight excluding hydrogens is 338 g/mol. The summed E-state index contributed by atoms with van der Waals surface area (Å²) in [6, 6.07) is 15.9. The molecule has 2 amide bonds. The summed E-state index contributed by atoms with van der Waals surface area (Å²) < 4.78 is 0. The van der Waals surface area contributed by atoms with E-state index in [1.54, 1.807) is 12.1 Å². The average molecular weight is 363 g/mol. The third kappa shape index (κ3) is 4.30. The lowest BCUT2D eigenvalue weighted by Crippen LogP contribution is -2.32. The number of nitrogens with one attached hydrogen (secondary N) is 2. The van der Waals surface area contributed by atoms with Gasteiger partial charge in [0.25, 0.3) is 5.91 Å². The molecule has 27 heavy (non-hydrogen) atoms. The molecule has 2 aromatic rings. The quantitative estimate of drug-likeness (QED) is 0.827. The monoisotopic (exact) mass is 363 g/mol. The van der Waals surface area contributed by atoms with Crippen molar-refractivity contribution >= 4 is 23.2 Å². The van der Waals surface area contributed by atoms with Crippen molar-refractivity contribution in [1.29, 1.82) is 0 Å². The maximum atomic E-state index is 12.5. The van der Waals surface area contributed by atoms with Crippen molar-refractivity contribution in [3.05, 3.63) is 59.7 Å². The van der Waals surface area contributed by atoms with Crippen LogP contribution in [0.1, 0.15) is 41.6 Å². The van der Waals surface area contributed by atoms with Gasteiger partial charge in [0, 0.05) is 31.2 Å². The highest BCUT2D eigenvalue weighted by Crippen LogP contribution is 2.27. The lowest BCUT2D eigenvalue weighted by Gasteiger charge is -2.31. The van der Waals surface area contributed by atoms with Gasteiger partial charge in [-0.05, 0) is 49.4 Å². The molecule has 5 nitrogen and oxygen atoms in total. The van der Waals surface area contributed by atoms with Gasteiger partial charge in [0.15, 0.2) is 0 Å². The zero-order valence-corrected chi connectivity index (χ0v) is 15.4. The van der Waals surface area contributed by atoms with Crippen molar-refractivity contribution in [2.24, 2.45) is 0 Å². The van der Waals surface area contributed by atoms with Gasteiger partial charge in [-0.2, -0.15) is 0 Å². The molecule has 0 radical (unpaired) electrons. The first-order chi connectivity index (χ1) is 13.2. The largest absolute Gasteiger partial charge is 0.371 e. The van der Waals surface area contributed by atoms with E-state index in [0.717, 1.165) is 32.2 Å². The van der Waals surface area contributed by atoms with Gasteiger partial charge in [0.05, 0.1) is 11.3 Å². The zero-order valence-electron chi connectivity index (χ0n) is 15.4. The van der Waals surface area contributed by atoms with Crippen molar-refractivity contribution in [3.8, 4) is 0 Å². The van der Waals surface area contributed by atoms with Gasteiger partial charge in [0.2, 0.25) is 5.91 Å². The Morgan fingerprint density at radius 3 is 2.67 bits per heavy atom. The number of aryl methyl sites for hydroxylation is 1. The van der Waals surface area contributed by atoms with Crippen LogP contribution < -0.4 is 15.5 Å². The molecule has 1 fully saturated rings. The molecule has 0 unspecified atom stereocenters. The summed E-state index contributed by atoms with van der Waals surface area (Å²) in [5.74, 6) is -0.178. The van der Waals surface area contributed by atoms with Crippen molar-refractivity contribution < 1.29 is 9.59 Å². The topological polar surface area (TPSA) is 61.4 Å². The number of carbonyl (C=O) groups is 2. The Hall–Kier alpha value is -2.82. The standard InChI is InChI=1S/C22H25N3O2/c26-21(13-15-25-14-5-7-16-6-1-4-10-20(16)25)24-19-9-3-2-8-18(19)22(27)23-17-11-12-17/h1-4,6,8-10,17H,5,7,11-15H2,(H,23,27)(H,24,26). The molecule has 0 atom stereocenters. The fraction of sp³-hybridized carbons (Fsp3) is 0.364. The number of amides is 2. The molecule has 0 bridgehead atoms. The van der Waals surface area contributed by atoms with E-state index in [0.29, 0.717) is 30.3 Å². The average Bonchev–Trinajstić information content (AvgIpc) is 3.50. The van der Waals surface area contributed by atoms with Crippen molar-refractivity contribution in [1.82, 2.24) is 5.32 Å². The molecule has 4 rings (SSSR count). The van der Waals surface area contributed by atoms with Gasteiger partial charge in [-0.1, -0.05) is 30.3 Å². The summed E-state index contributed by atoms with van der Waals surface area (Å²) in [5, 5.41) is 5.90.